The fourth-order valence-electron chi connectivity index (χ4n) is 2.37. The summed E-state index contributed by atoms with van der Waals surface area (Å²) >= 11 is 1.56. The lowest BCUT2D eigenvalue weighted by molar-refractivity contribution is -0.137. The monoisotopic (exact) mass is 281 g/mol. The lowest BCUT2D eigenvalue weighted by Gasteiger charge is -2.13. The Balaban J connectivity index is 2.02. The summed E-state index contributed by atoms with van der Waals surface area (Å²) in [6, 6.07) is 1.69. The zero-order chi connectivity index (χ0) is 13.8. The molecule has 1 amide bonds. The number of carbonyl (C=O) groups is 2. The highest BCUT2D eigenvalue weighted by Crippen LogP contribution is 2.29. The zero-order valence-electron chi connectivity index (χ0n) is 11.1. The van der Waals surface area contributed by atoms with Crippen LogP contribution in [0.5, 0.6) is 0 Å². The molecule has 4 nitrogen and oxygen atoms in total. The summed E-state index contributed by atoms with van der Waals surface area (Å²) in [4.78, 5) is 24.9. The van der Waals surface area contributed by atoms with Gasteiger partial charge in [-0.15, -0.1) is 11.3 Å². The van der Waals surface area contributed by atoms with Crippen LogP contribution in [0.25, 0.3) is 0 Å². The predicted molar refractivity (Wildman–Crippen MR) is 74.8 cm³/mol. The molecule has 1 aliphatic rings. The van der Waals surface area contributed by atoms with Crippen LogP contribution in [0, 0.1) is 0 Å². The summed E-state index contributed by atoms with van der Waals surface area (Å²) in [5.74, 6) is -1.01. The second-order valence-electron chi connectivity index (χ2n) is 4.94. The molecule has 0 saturated carbocycles. The number of thiophene rings is 1. The average molecular weight is 281 g/mol. The fraction of sp³-hybridized carbons (Fsp3) is 0.571. The standard InChI is InChI=1S/C14H19NO3S/c1-2-10(8-13(16)17)15-14(18)12-7-9-5-3-4-6-11(9)19-12/h7,10H,2-6,8H2,1H3,(H,15,18)(H,16,17). The van der Waals surface area contributed by atoms with E-state index in [-0.39, 0.29) is 18.4 Å². The van der Waals surface area contributed by atoms with Gasteiger partial charge in [0.1, 0.15) is 0 Å². The smallest absolute Gasteiger partial charge is 0.305 e. The first-order valence-electron chi connectivity index (χ1n) is 6.74. The molecule has 0 bridgehead atoms. The van der Waals surface area contributed by atoms with E-state index in [4.69, 9.17) is 5.11 Å². The fourth-order valence-corrected chi connectivity index (χ4v) is 3.52. The van der Waals surface area contributed by atoms with E-state index in [1.807, 2.05) is 13.0 Å². The number of carbonyl (C=O) groups excluding carboxylic acids is 1. The van der Waals surface area contributed by atoms with E-state index in [2.05, 4.69) is 5.32 Å². The quantitative estimate of drug-likeness (QED) is 0.872. The highest BCUT2D eigenvalue weighted by atomic mass is 32.1. The van der Waals surface area contributed by atoms with Crippen molar-refractivity contribution in [1.82, 2.24) is 5.32 Å². The highest BCUT2D eigenvalue weighted by Gasteiger charge is 2.20. The Morgan fingerprint density at radius 2 is 2.16 bits per heavy atom. The maximum absolute atomic E-state index is 12.1. The molecule has 104 valence electrons. The summed E-state index contributed by atoms with van der Waals surface area (Å²) < 4.78 is 0. The SMILES string of the molecule is CCC(CC(=O)O)NC(=O)c1cc2c(s1)CCCC2. The summed E-state index contributed by atoms with van der Waals surface area (Å²) in [6.07, 6.45) is 5.13. The number of fused-ring (bicyclic) bond motifs is 1. The van der Waals surface area contributed by atoms with Gasteiger partial charge in [-0.25, -0.2) is 0 Å². The highest BCUT2D eigenvalue weighted by molar-refractivity contribution is 7.14. The molecule has 1 atom stereocenters. The van der Waals surface area contributed by atoms with Crippen molar-refractivity contribution in [3.8, 4) is 0 Å². The third-order valence-corrected chi connectivity index (χ3v) is 4.71. The van der Waals surface area contributed by atoms with Crippen LogP contribution in [-0.4, -0.2) is 23.0 Å². The first-order valence-corrected chi connectivity index (χ1v) is 7.56. The maximum atomic E-state index is 12.1. The van der Waals surface area contributed by atoms with Gasteiger partial charge in [0.25, 0.3) is 5.91 Å². The number of amides is 1. The van der Waals surface area contributed by atoms with E-state index in [1.54, 1.807) is 11.3 Å². The third-order valence-electron chi connectivity index (χ3n) is 3.47. The second kappa shape index (κ2) is 6.19. The Labute approximate surface area is 116 Å². The van der Waals surface area contributed by atoms with Crippen LogP contribution in [0.3, 0.4) is 0 Å². The molecule has 1 aliphatic carbocycles. The molecule has 1 aromatic rings. The molecule has 5 heteroatoms. The van der Waals surface area contributed by atoms with Crippen molar-refractivity contribution in [2.75, 3.05) is 0 Å². The first-order chi connectivity index (χ1) is 9.10. The van der Waals surface area contributed by atoms with Crippen LogP contribution in [0.1, 0.15) is 52.7 Å². The summed E-state index contributed by atoms with van der Waals surface area (Å²) in [7, 11) is 0. The number of aryl methyl sites for hydroxylation is 2. The molecule has 2 rings (SSSR count). The molecule has 1 unspecified atom stereocenters. The lowest BCUT2D eigenvalue weighted by Crippen LogP contribution is -2.35. The van der Waals surface area contributed by atoms with Gasteiger partial charge in [0.2, 0.25) is 0 Å². The summed E-state index contributed by atoms with van der Waals surface area (Å²) in [5.41, 5.74) is 1.30. The van der Waals surface area contributed by atoms with Gasteiger partial charge in [0.05, 0.1) is 11.3 Å². The van der Waals surface area contributed by atoms with E-state index in [0.29, 0.717) is 6.42 Å². The van der Waals surface area contributed by atoms with Gasteiger partial charge in [0.15, 0.2) is 0 Å². The van der Waals surface area contributed by atoms with Crippen molar-refractivity contribution in [2.45, 2.75) is 51.5 Å². The molecule has 0 fully saturated rings. The minimum atomic E-state index is -0.877. The third kappa shape index (κ3) is 3.56. The van der Waals surface area contributed by atoms with Gasteiger partial charge in [-0.1, -0.05) is 6.92 Å². The van der Waals surface area contributed by atoms with E-state index < -0.39 is 5.97 Å². The minimum absolute atomic E-state index is 0.0205. The van der Waals surface area contributed by atoms with Gasteiger partial charge in [0, 0.05) is 10.9 Å². The van der Waals surface area contributed by atoms with Crippen LogP contribution >= 0.6 is 11.3 Å². The largest absolute Gasteiger partial charge is 0.481 e. The number of hydrogen-bond donors (Lipinski definition) is 2. The number of carboxylic acids is 1. The minimum Gasteiger partial charge on any atom is -0.481 e. The van der Waals surface area contributed by atoms with E-state index in [9.17, 15) is 9.59 Å². The summed E-state index contributed by atoms with van der Waals surface area (Å²) in [6.45, 7) is 1.88. The molecule has 1 heterocycles. The van der Waals surface area contributed by atoms with Gasteiger partial charge < -0.3 is 10.4 Å². The van der Waals surface area contributed by atoms with Gasteiger partial charge in [-0.3, -0.25) is 9.59 Å². The van der Waals surface area contributed by atoms with Gasteiger partial charge in [-0.2, -0.15) is 0 Å². The lowest BCUT2D eigenvalue weighted by atomic mass is 9.99. The average Bonchev–Trinajstić information content (AvgIpc) is 2.81. The van der Waals surface area contributed by atoms with Crippen molar-refractivity contribution < 1.29 is 14.7 Å². The molecular formula is C14H19NO3S. The van der Waals surface area contributed by atoms with Crippen molar-refractivity contribution in [1.29, 1.82) is 0 Å². The van der Waals surface area contributed by atoms with Crippen LogP contribution in [-0.2, 0) is 17.6 Å². The van der Waals surface area contributed by atoms with Crippen LogP contribution in [0.4, 0.5) is 0 Å². The van der Waals surface area contributed by atoms with Crippen LogP contribution in [0.15, 0.2) is 6.07 Å². The van der Waals surface area contributed by atoms with E-state index in [0.717, 1.165) is 17.7 Å². The molecule has 1 aromatic heterocycles. The Kier molecular flexibility index (Phi) is 4.58. The van der Waals surface area contributed by atoms with Crippen molar-refractivity contribution >= 4 is 23.2 Å². The second-order valence-corrected chi connectivity index (χ2v) is 6.08. The number of aliphatic carboxylic acids is 1. The maximum Gasteiger partial charge on any atom is 0.305 e. The number of nitrogens with one attached hydrogen (secondary N) is 1. The Hall–Kier alpha value is -1.36. The topological polar surface area (TPSA) is 66.4 Å². The molecule has 0 radical (unpaired) electrons. The molecule has 0 spiro atoms. The number of carboxylic acid groups (broad SMARTS) is 1. The number of rotatable bonds is 5. The molecular weight excluding hydrogens is 262 g/mol. The van der Waals surface area contributed by atoms with E-state index >= 15 is 0 Å². The molecule has 2 N–H and O–H groups in total. The van der Waals surface area contributed by atoms with E-state index in [1.165, 1.54) is 23.3 Å². The van der Waals surface area contributed by atoms with Crippen LogP contribution < -0.4 is 5.32 Å². The predicted octanol–water partition coefficient (Wildman–Crippen LogP) is 2.61. The first kappa shape index (κ1) is 14.1. The van der Waals surface area contributed by atoms with Gasteiger partial charge in [-0.05, 0) is 43.7 Å². The van der Waals surface area contributed by atoms with Gasteiger partial charge >= 0.3 is 5.97 Å². The van der Waals surface area contributed by atoms with Crippen molar-refractivity contribution in [2.24, 2.45) is 0 Å². The Morgan fingerprint density at radius 3 is 2.79 bits per heavy atom. The zero-order valence-corrected chi connectivity index (χ0v) is 11.9. The normalized spacial score (nSPS) is 15.6. The molecule has 0 aliphatic heterocycles. The molecule has 0 saturated heterocycles. The number of hydrogen-bond acceptors (Lipinski definition) is 3. The van der Waals surface area contributed by atoms with Crippen LogP contribution in [0.2, 0.25) is 0 Å². The van der Waals surface area contributed by atoms with Crippen molar-refractivity contribution in [3.63, 3.8) is 0 Å². The molecule has 0 aromatic carbocycles. The molecule has 19 heavy (non-hydrogen) atoms. The van der Waals surface area contributed by atoms with Crippen molar-refractivity contribution in [3.05, 3.63) is 21.4 Å². The Bertz CT molecular complexity index is 458. The summed E-state index contributed by atoms with van der Waals surface area (Å²) in [5, 5.41) is 11.6. The Morgan fingerprint density at radius 1 is 1.42 bits per heavy atom.